The van der Waals surface area contributed by atoms with Gasteiger partial charge in [0.25, 0.3) is 0 Å². The molecule has 0 bridgehead atoms. The van der Waals surface area contributed by atoms with Gasteiger partial charge in [-0.05, 0) is 12.8 Å². The first kappa shape index (κ1) is 8.66. The van der Waals surface area contributed by atoms with Crippen molar-refractivity contribution in [2.75, 3.05) is 0 Å². The van der Waals surface area contributed by atoms with Crippen LogP contribution in [0.3, 0.4) is 0 Å². The molecule has 0 N–H and O–H groups in total. The molecule has 0 heterocycles. The van der Waals surface area contributed by atoms with Crippen LogP contribution in [0.1, 0.15) is 12.8 Å². The summed E-state index contributed by atoms with van der Waals surface area (Å²) in [6.45, 7) is 7.26. The van der Waals surface area contributed by atoms with Crippen molar-refractivity contribution >= 4 is 10.5 Å². The van der Waals surface area contributed by atoms with E-state index in [0.29, 0.717) is 6.10 Å². The normalized spacial score (nSPS) is 9.89. The monoisotopic (exact) mass is 142 g/mol. The summed E-state index contributed by atoms with van der Waals surface area (Å²) >= 11 is 0. The van der Waals surface area contributed by atoms with E-state index < -0.39 is 0 Å². The summed E-state index contributed by atoms with van der Waals surface area (Å²) in [5.74, 6) is 0. The van der Waals surface area contributed by atoms with E-state index in [1.54, 1.807) is 0 Å². The van der Waals surface area contributed by atoms with Crippen LogP contribution in [0.5, 0.6) is 0 Å². The fourth-order valence-corrected chi connectivity index (χ4v) is 1.05. The van der Waals surface area contributed by atoms with Gasteiger partial charge in [0.2, 0.25) is 0 Å². The Labute approximate surface area is 60.0 Å². The highest BCUT2D eigenvalue weighted by Gasteiger charge is 1.98. The van der Waals surface area contributed by atoms with Crippen LogP contribution in [0.25, 0.3) is 0 Å². The van der Waals surface area contributed by atoms with E-state index in [1.165, 1.54) is 0 Å². The second-order valence-electron chi connectivity index (χ2n) is 1.91. The van der Waals surface area contributed by atoms with E-state index in [2.05, 4.69) is 13.2 Å². The van der Waals surface area contributed by atoms with Crippen molar-refractivity contribution < 1.29 is 4.43 Å². The van der Waals surface area contributed by atoms with Gasteiger partial charge >= 0.3 is 0 Å². The quantitative estimate of drug-likeness (QED) is 0.407. The van der Waals surface area contributed by atoms with Gasteiger partial charge < -0.3 is 4.43 Å². The first-order valence-corrected chi connectivity index (χ1v) is 3.91. The van der Waals surface area contributed by atoms with Crippen LogP contribution in [-0.4, -0.2) is 16.6 Å². The first-order valence-electron chi connectivity index (χ1n) is 3.09. The summed E-state index contributed by atoms with van der Waals surface area (Å²) in [6, 6.07) is 0. The van der Waals surface area contributed by atoms with Gasteiger partial charge in [-0.2, -0.15) is 0 Å². The molecule has 1 nitrogen and oxygen atoms in total. The van der Waals surface area contributed by atoms with E-state index in [0.717, 1.165) is 23.3 Å². The standard InChI is InChI=1S/C7H14OSi/c1-3-5-7(8-9)6-4-2/h3-4,7H,1-2,5-6H2,9H3. The highest BCUT2D eigenvalue weighted by molar-refractivity contribution is 5.98. The molecule has 0 aliphatic heterocycles. The van der Waals surface area contributed by atoms with Crippen molar-refractivity contribution in [1.82, 2.24) is 0 Å². The smallest absolute Gasteiger partial charge is 0.146 e. The van der Waals surface area contributed by atoms with E-state index >= 15 is 0 Å². The fraction of sp³-hybridized carbons (Fsp3) is 0.429. The zero-order valence-corrected chi connectivity index (χ0v) is 7.97. The van der Waals surface area contributed by atoms with Crippen molar-refractivity contribution in [3.8, 4) is 0 Å². The SMILES string of the molecule is C=CCC(CC=C)O[SiH3]. The Hall–Kier alpha value is -0.343. The molecule has 52 valence electrons. The topological polar surface area (TPSA) is 9.23 Å². The van der Waals surface area contributed by atoms with Gasteiger partial charge in [0, 0.05) is 0 Å². The molecule has 0 aromatic carbocycles. The Bertz CT molecular complexity index is 80.9. The maximum atomic E-state index is 5.23. The van der Waals surface area contributed by atoms with Gasteiger partial charge in [-0.3, -0.25) is 0 Å². The van der Waals surface area contributed by atoms with Gasteiger partial charge in [-0.25, -0.2) is 0 Å². The average molecular weight is 142 g/mol. The number of rotatable bonds is 5. The molecule has 0 atom stereocenters. The molecule has 0 aromatic heterocycles. The highest BCUT2D eigenvalue weighted by Crippen LogP contribution is 2.02. The molecule has 0 aromatic rings. The average Bonchev–Trinajstić information content (AvgIpc) is 1.88. The van der Waals surface area contributed by atoms with Crippen molar-refractivity contribution in [3.05, 3.63) is 25.3 Å². The summed E-state index contributed by atoms with van der Waals surface area (Å²) in [4.78, 5) is 0. The predicted octanol–water partition coefficient (Wildman–Crippen LogP) is 0.804. The Kier molecular flexibility index (Phi) is 5.57. The molecule has 2 heteroatoms. The van der Waals surface area contributed by atoms with E-state index in [1.807, 2.05) is 12.2 Å². The maximum absolute atomic E-state index is 5.23. The Morgan fingerprint density at radius 3 is 2.00 bits per heavy atom. The van der Waals surface area contributed by atoms with Gasteiger partial charge in [-0.1, -0.05) is 12.2 Å². The lowest BCUT2D eigenvalue weighted by Crippen LogP contribution is -2.07. The second kappa shape index (κ2) is 5.79. The summed E-state index contributed by atoms with van der Waals surface area (Å²) in [5, 5.41) is 0. The van der Waals surface area contributed by atoms with Crippen LogP contribution in [0.4, 0.5) is 0 Å². The van der Waals surface area contributed by atoms with Gasteiger partial charge in [0.15, 0.2) is 0 Å². The molecular formula is C7H14OSi. The molecule has 0 fully saturated rings. The molecular weight excluding hydrogens is 128 g/mol. The lowest BCUT2D eigenvalue weighted by molar-refractivity contribution is 0.229. The molecule has 0 saturated heterocycles. The molecule has 0 rings (SSSR count). The van der Waals surface area contributed by atoms with Gasteiger partial charge in [-0.15, -0.1) is 13.2 Å². The minimum absolute atomic E-state index is 0.340. The number of hydrogen-bond acceptors (Lipinski definition) is 1. The minimum atomic E-state index is 0.340. The Morgan fingerprint density at radius 2 is 1.78 bits per heavy atom. The van der Waals surface area contributed by atoms with E-state index in [9.17, 15) is 0 Å². The van der Waals surface area contributed by atoms with Crippen LogP contribution in [0.15, 0.2) is 25.3 Å². The minimum Gasteiger partial charge on any atom is -0.424 e. The third-order valence-electron chi connectivity index (χ3n) is 1.19. The van der Waals surface area contributed by atoms with Gasteiger partial charge in [0.1, 0.15) is 10.5 Å². The predicted molar refractivity (Wildman–Crippen MR) is 44.4 cm³/mol. The van der Waals surface area contributed by atoms with Crippen LogP contribution in [0.2, 0.25) is 0 Å². The maximum Gasteiger partial charge on any atom is 0.146 e. The largest absolute Gasteiger partial charge is 0.424 e. The second-order valence-corrected chi connectivity index (χ2v) is 2.38. The molecule has 0 radical (unpaired) electrons. The third-order valence-corrected chi connectivity index (χ3v) is 1.86. The van der Waals surface area contributed by atoms with Crippen LogP contribution >= 0.6 is 0 Å². The van der Waals surface area contributed by atoms with E-state index in [-0.39, 0.29) is 0 Å². The summed E-state index contributed by atoms with van der Waals surface area (Å²) < 4.78 is 5.23. The lowest BCUT2D eigenvalue weighted by atomic mass is 10.2. The fourth-order valence-electron chi connectivity index (χ4n) is 0.660. The third kappa shape index (κ3) is 4.18. The van der Waals surface area contributed by atoms with E-state index in [4.69, 9.17) is 4.43 Å². The first-order chi connectivity index (χ1) is 4.35. The zero-order valence-electron chi connectivity index (χ0n) is 5.97. The summed E-state index contributed by atoms with van der Waals surface area (Å²) in [7, 11) is 0.805. The number of hydrogen-bond donors (Lipinski definition) is 0. The van der Waals surface area contributed by atoms with Crippen molar-refractivity contribution in [2.45, 2.75) is 18.9 Å². The van der Waals surface area contributed by atoms with Crippen LogP contribution < -0.4 is 0 Å². The summed E-state index contributed by atoms with van der Waals surface area (Å²) in [5.41, 5.74) is 0. The summed E-state index contributed by atoms with van der Waals surface area (Å²) in [6.07, 6.45) is 5.98. The molecule has 0 spiro atoms. The molecule has 0 amide bonds. The molecule has 9 heavy (non-hydrogen) atoms. The van der Waals surface area contributed by atoms with Crippen LogP contribution in [-0.2, 0) is 4.43 Å². The highest BCUT2D eigenvalue weighted by atomic mass is 28.2. The Morgan fingerprint density at radius 1 is 1.33 bits per heavy atom. The van der Waals surface area contributed by atoms with Crippen molar-refractivity contribution in [2.24, 2.45) is 0 Å². The van der Waals surface area contributed by atoms with Crippen molar-refractivity contribution in [3.63, 3.8) is 0 Å². The molecule has 0 aliphatic rings. The Balaban J connectivity index is 3.39. The molecule has 0 unspecified atom stereocenters. The molecule has 0 aliphatic carbocycles. The molecule has 0 saturated carbocycles. The lowest BCUT2D eigenvalue weighted by Gasteiger charge is -2.09. The van der Waals surface area contributed by atoms with Crippen molar-refractivity contribution in [1.29, 1.82) is 0 Å². The zero-order chi connectivity index (χ0) is 7.11. The van der Waals surface area contributed by atoms with Gasteiger partial charge in [0.05, 0.1) is 6.10 Å². The van der Waals surface area contributed by atoms with Crippen LogP contribution in [0, 0.1) is 0 Å².